The largest absolute Gasteiger partial charge is 0.378 e. The van der Waals surface area contributed by atoms with Gasteiger partial charge in [0.05, 0.1) is 11.9 Å². The van der Waals surface area contributed by atoms with Crippen molar-refractivity contribution in [3.05, 3.63) is 47.0 Å². The van der Waals surface area contributed by atoms with Crippen LogP contribution in [0.2, 0.25) is 0 Å². The Morgan fingerprint density at radius 2 is 2.12 bits per heavy atom. The van der Waals surface area contributed by atoms with E-state index in [1.165, 1.54) is 0 Å². The maximum atomic E-state index is 13.7. The van der Waals surface area contributed by atoms with Crippen LogP contribution in [0.5, 0.6) is 0 Å². The zero-order valence-electron chi connectivity index (χ0n) is 10.3. The summed E-state index contributed by atoms with van der Waals surface area (Å²) in [4.78, 5) is 0. The summed E-state index contributed by atoms with van der Waals surface area (Å²) in [5.74, 6) is -0.186. The van der Waals surface area contributed by atoms with Gasteiger partial charge >= 0.3 is 0 Å². The van der Waals surface area contributed by atoms with Crippen molar-refractivity contribution in [1.29, 1.82) is 0 Å². The molecule has 0 radical (unpaired) electrons. The van der Waals surface area contributed by atoms with Crippen LogP contribution in [-0.2, 0) is 13.6 Å². The van der Waals surface area contributed by atoms with E-state index < -0.39 is 0 Å². The lowest BCUT2D eigenvalue weighted by Gasteiger charge is -2.08. The Hall–Kier alpha value is -1.84. The van der Waals surface area contributed by atoms with Crippen molar-refractivity contribution in [1.82, 2.24) is 9.78 Å². The molecule has 17 heavy (non-hydrogen) atoms. The van der Waals surface area contributed by atoms with E-state index in [0.29, 0.717) is 17.8 Å². The number of aryl methyl sites for hydroxylation is 2. The monoisotopic (exact) mass is 233 g/mol. The number of halogens is 1. The van der Waals surface area contributed by atoms with Crippen LogP contribution < -0.4 is 5.32 Å². The first-order valence-electron chi connectivity index (χ1n) is 5.56. The normalized spacial score (nSPS) is 10.6. The third-order valence-electron chi connectivity index (χ3n) is 3.00. The Balaban J connectivity index is 2.13. The van der Waals surface area contributed by atoms with E-state index >= 15 is 0 Å². The summed E-state index contributed by atoms with van der Waals surface area (Å²) in [6.07, 6.45) is 1.80. The number of hydrogen-bond donors (Lipinski definition) is 1. The Kier molecular flexibility index (Phi) is 3.13. The fraction of sp³-hybridized carbons (Fsp3) is 0.308. The first-order valence-corrected chi connectivity index (χ1v) is 5.56. The number of hydrogen-bond acceptors (Lipinski definition) is 2. The predicted molar refractivity (Wildman–Crippen MR) is 66.4 cm³/mol. The number of benzene rings is 1. The van der Waals surface area contributed by atoms with Crippen molar-refractivity contribution in [3.63, 3.8) is 0 Å². The van der Waals surface area contributed by atoms with E-state index in [9.17, 15) is 4.39 Å². The van der Waals surface area contributed by atoms with Gasteiger partial charge in [0.15, 0.2) is 0 Å². The number of anilines is 1. The first-order chi connectivity index (χ1) is 8.09. The molecular formula is C13H16FN3. The van der Waals surface area contributed by atoms with Gasteiger partial charge in [-0.2, -0.15) is 5.10 Å². The zero-order chi connectivity index (χ0) is 12.4. The summed E-state index contributed by atoms with van der Waals surface area (Å²) in [5, 5.41) is 7.25. The fourth-order valence-electron chi connectivity index (χ4n) is 1.69. The number of rotatable bonds is 3. The molecule has 1 aromatic carbocycles. The molecule has 4 heteroatoms. The average Bonchev–Trinajstić information content (AvgIpc) is 2.62. The van der Waals surface area contributed by atoms with Gasteiger partial charge in [0.1, 0.15) is 5.82 Å². The molecule has 2 aromatic rings. The molecule has 0 aliphatic carbocycles. The van der Waals surface area contributed by atoms with Crippen LogP contribution in [0.25, 0.3) is 0 Å². The molecule has 0 fully saturated rings. The molecule has 90 valence electrons. The summed E-state index contributed by atoms with van der Waals surface area (Å²) in [7, 11) is 1.89. The van der Waals surface area contributed by atoms with Crippen molar-refractivity contribution in [2.24, 2.45) is 7.05 Å². The zero-order valence-corrected chi connectivity index (χ0v) is 10.3. The summed E-state index contributed by atoms with van der Waals surface area (Å²) in [5.41, 5.74) is 3.35. The lowest BCUT2D eigenvalue weighted by molar-refractivity contribution is 0.621. The Labute approximate surface area is 100 Å². The van der Waals surface area contributed by atoms with Crippen LogP contribution in [0, 0.1) is 19.7 Å². The fourth-order valence-corrected chi connectivity index (χ4v) is 1.69. The molecule has 0 spiro atoms. The van der Waals surface area contributed by atoms with E-state index in [-0.39, 0.29) is 5.82 Å². The minimum atomic E-state index is -0.186. The quantitative estimate of drug-likeness (QED) is 0.883. The lowest BCUT2D eigenvalue weighted by Crippen LogP contribution is -2.03. The second kappa shape index (κ2) is 4.57. The van der Waals surface area contributed by atoms with Crippen molar-refractivity contribution in [3.8, 4) is 0 Å². The molecule has 0 unspecified atom stereocenters. The highest BCUT2D eigenvalue weighted by molar-refractivity contribution is 5.47. The molecule has 1 N–H and O–H groups in total. The van der Waals surface area contributed by atoms with Crippen LogP contribution in [0.1, 0.15) is 16.8 Å². The molecule has 1 heterocycles. The molecular weight excluding hydrogens is 217 g/mol. The van der Waals surface area contributed by atoms with Gasteiger partial charge in [-0.05, 0) is 25.5 Å². The molecule has 0 aliphatic heterocycles. The van der Waals surface area contributed by atoms with Crippen LogP contribution in [-0.4, -0.2) is 9.78 Å². The highest BCUT2D eigenvalue weighted by atomic mass is 19.1. The Morgan fingerprint density at radius 3 is 2.76 bits per heavy atom. The van der Waals surface area contributed by atoms with Crippen molar-refractivity contribution >= 4 is 5.69 Å². The molecule has 0 atom stereocenters. The molecule has 0 amide bonds. The molecule has 0 saturated carbocycles. The van der Waals surface area contributed by atoms with E-state index in [1.807, 2.05) is 24.7 Å². The van der Waals surface area contributed by atoms with Crippen molar-refractivity contribution in [2.75, 3.05) is 5.32 Å². The summed E-state index contributed by atoms with van der Waals surface area (Å²) in [6, 6.07) is 5.35. The Bertz CT molecular complexity index is 531. The lowest BCUT2D eigenvalue weighted by atomic mass is 10.2. The Morgan fingerprint density at radius 1 is 1.35 bits per heavy atom. The van der Waals surface area contributed by atoms with Gasteiger partial charge in [-0.25, -0.2) is 4.39 Å². The maximum Gasteiger partial charge on any atom is 0.149 e. The number of nitrogens with zero attached hydrogens (tertiary/aromatic N) is 2. The van der Waals surface area contributed by atoms with Crippen LogP contribution in [0.3, 0.4) is 0 Å². The van der Waals surface area contributed by atoms with Crippen LogP contribution >= 0.6 is 0 Å². The average molecular weight is 233 g/mol. The third-order valence-corrected chi connectivity index (χ3v) is 3.00. The molecule has 0 bridgehead atoms. The van der Waals surface area contributed by atoms with Crippen LogP contribution in [0.4, 0.5) is 10.1 Å². The third kappa shape index (κ3) is 2.30. The minimum Gasteiger partial charge on any atom is -0.378 e. The predicted octanol–water partition coefficient (Wildman–Crippen LogP) is 2.79. The maximum absolute atomic E-state index is 13.7. The summed E-state index contributed by atoms with van der Waals surface area (Å²) in [6.45, 7) is 4.34. The van der Waals surface area contributed by atoms with E-state index in [1.54, 1.807) is 25.3 Å². The van der Waals surface area contributed by atoms with Gasteiger partial charge in [0, 0.05) is 24.8 Å². The molecule has 0 saturated heterocycles. The second-order valence-corrected chi connectivity index (χ2v) is 4.17. The van der Waals surface area contributed by atoms with Crippen LogP contribution in [0.15, 0.2) is 24.4 Å². The first kappa shape index (κ1) is 11.6. The van der Waals surface area contributed by atoms with E-state index in [2.05, 4.69) is 10.4 Å². The molecule has 3 nitrogen and oxygen atoms in total. The smallest absolute Gasteiger partial charge is 0.149 e. The number of nitrogens with one attached hydrogen (secondary N) is 1. The topological polar surface area (TPSA) is 29.9 Å². The van der Waals surface area contributed by atoms with E-state index in [4.69, 9.17) is 0 Å². The summed E-state index contributed by atoms with van der Waals surface area (Å²) < 4.78 is 15.5. The highest BCUT2D eigenvalue weighted by Crippen LogP contribution is 2.18. The van der Waals surface area contributed by atoms with Gasteiger partial charge in [0.2, 0.25) is 0 Å². The van der Waals surface area contributed by atoms with Crippen molar-refractivity contribution in [2.45, 2.75) is 20.4 Å². The molecule has 2 rings (SSSR count). The van der Waals surface area contributed by atoms with Gasteiger partial charge in [0.25, 0.3) is 0 Å². The van der Waals surface area contributed by atoms with Gasteiger partial charge in [-0.3, -0.25) is 4.68 Å². The van der Waals surface area contributed by atoms with Crippen molar-refractivity contribution < 1.29 is 4.39 Å². The molecule has 0 aliphatic rings. The van der Waals surface area contributed by atoms with Gasteiger partial charge in [-0.1, -0.05) is 12.1 Å². The SMILES string of the molecule is Cc1cccc(NCc2cnn(C)c2C)c1F. The number of aromatic nitrogens is 2. The van der Waals surface area contributed by atoms with E-state index in [0.717, 1.165) is 11.3 Å². The second-order valence-electron chi connectivity index (χ2n) is 4.17. The standard InChI is InChI=1S/C13H16FN3/c1-9-5-4-6-12(13(9)14)15-7-11-8-16-17(3)10(11)2/h4-6,8,15H,7H2,1-3H3. The molecule has 1 aromatic heterocycles. The highest BCUT2D eigenvalue weighted by Gasteiger charge is 2.06. The van der Waals surface area contributed by atoms with Gasteiger partial charge < -0.3 is 5.32 Å². The van der Waals surface area contributed by atoms with Gasteiger partial charge in [-0.15, -0.1) is 0 Å². The summed E-state index contributed by atoms with van der Waals surface area (Å²) >= 11 is 0. The minimum absolute atomic E-state index is 0.186.